The van der Waals surface area contributed by atoms with Crippen LogP contribution in [0.15, 0.2) is 18.2 Å². The minimum Gasteiger partial charge on any atom is -0.493 e. The van der Waals surface area contributed by atoms with E-state index in [0.717, 1.165) is 19.5 Å². The van der Waals surface area contributed by atoms with Gasteiger partial charge in [0.05, 0.1) is 12.9 Å². The molecule has 0 aromatic heterocycles. The highest BCUT2D eigenvalue weighted by Crippen LogP contribution is 2.31. The number of methoxy groups -OCH3 is 1. The number of ether oxygens (including phenoxy) is 2. The first-order chi connectivity index (χ1) is 9.37. The van der Waals surface area contributed by atoms with E-state index in [4.69, 9.17) is 20.2 Å². The van der Waals surface area contributed by atoms with Gasteiger partial charge in [-0.25, -0.2) is 8.42 Å². The van der Waals surface area contributed by atoms with Gasteiger partial charge in [-0.05, 0) is 31.2 Å². The fourth-order valence-corrected chi connectivity index (χ4v) is 3.23. The molecule has 20 heavy (non-hydrogen) atoms. The molecule has 1 heterocycles. The van der Waals surface area contributed by atoms with Crippen LogP contribution in [-0.2, 0) is 14.8 Å². The van der Waals surface area contributed by atoms with E-state index in [0.29, 0.717) is 17.1 Å². The van der Waals surface area contributed by atoms with Crippen LogP contribution in [0.25, 0.3) is 0 Å². The van der Waals surface area contributed by atoms with Crippen LogP contribution in [0, 0.1) is 0 Å². The van der Waals surface area contributed by atoms with E-state index in [2.05, 4.69) is 4.90 Å². The van der Waals surface area contributed by atoms with Crippen LogP contribution < -0.4 is 9.47 Å². The maximum absolute atomic E-state index is 11.1. The molecule has 0 N–H and O–H groups in total. The summed E-state index contributed by atoms with van der Waals surface area (Å²) in [7, 11) is 5.29. The first kappa shape index (κ1) is 15.4. The number of rotatable bonds is 5. The molecule has 1 aliphatic heterocycles. The van der Waals surface area contributed by atoms with Gasteiger partial charge in [-0.15, -0.1) is 0 Å². The van der Waals surface area contributed by atoms with Gasteiger partial charge in [0.1, 0.15) is 6.10 Å². The molecular formula is C13H18ClNO4S. The van der Waals surface area contributed by atoms with Crippen LogP contribution in [0.5, 0.6) is 11.5 Å². The third kappa shape index (κ3) is 4.26. The third-order valence-corrected chi connectivity index (χ3v) is 4.21. The van der Waals surface area contributed by atoms with Gasteiger partial charge in [-0.2, -0.15) is 0 Å². The van der Waals surface area contributed by atoms with Gasteiger partial charge in [0.2, 0.25) is 9.05 Å². The Labute approximate surface area is 123 Å². The molecule has 2 rings (SSSR count). The largest absolute Gasteiger partial charge is 0.493 e. The van der Waals surface area contributed by atoms with Crippen molar-refractivity contribution in [1.29, 1.82) is 0 Å². The first-order valence-electron chi connectivity index (χ1n) is 6.32. The molecule has 5 nitrogen and oxygen atoms in total. The first-order valence-corrected chi connectivity index (χ1v) is 8.79. The van der Waals surface area contributed by atoms with Crippen LogP contribution in [0.1, 0.15) is 12.0 Å². The van der Waals surface area contributed by atoms with Crippen molar-refractivity contribution in [2.45, 2.75) is 18.3 Å². The molecule has 1 aliphatic rings. The Balaban J connectivity index is 2.18. The standard InChI is InChI=1S/C13H18ClNO4S/c1-15-6-5-11(8-15)19-13-7-10(9-20(14,16)17)3-4-12(13)18-2/h3-4,7,11H,5-6,8-9H2,1-2H3. The molecule has 1 atom stereocenters. The van der Waals surface area contributed by atoms with Gasteiger partial charge in [-0.3, -0.25) is 0 Å². The highest BCUT2D eigenvalue weighted by atomic mass is 35.7. The topological polar surface area (TPSA) is 55.8 Å². The van der Waals surface area contributed by atoms with Crippen molar-refractivity contribution >= 4 is 19.7 Å². The van der Waals surface area contributed by atoms with Crippen molar-refractivity contribution in [3.05, 3.63) is 23.8 Å². The number of likely N-dealkylation sites (tertiary alicyclic amines) is 1. The molecule has 0 aliphatic carbocycles. The highest BCUT2D eigenvalue weighted by molar-refractivity contribution is 8.13. The lowest BCUT2D eigenvalue weighted by atomic mass is 10.2. The maximum atomic E-state index is 11.1. The fourth-order valence-electron chi connectivity index (χ4n) is 2.27. The van der Waals surface area contributed by atoms with E-state index in [-0.39, 0.29) is 11.9 Å². The van der Waals surface area contributed by atoms with Gasteiger partial charge >= 0.3 is 0 Å². The number of benzene rings is 1. The Bertz CT molecular complexity index is 576. The zero-order valence-corrected chi connectivity index (χ0v) is 13.1. The van der Waals surface area contributed by atoms with Crippen molar-refractivity contribution in [3.63, 3.8) is 0 Å². The number of hydrogen-bond acceptors (Lipinski definition) is 5. The van der Waals surface area contributed by atoms with E-state index in [1.54, 1.807) is 25.3 Å². The Kier molecular flexibility index (Phi) is 4.78. The summed E-state index contributed by atoms with van der Waals surface area (Å²) >= 11 is 0. The predicted molar refractivity (Wildman–Crippen MR) is 78.0 cm³/mol. The smallest absolute Gasteiger partial charge is 0.236 e. The van der Waals surface area contributed by atoms with E-state index in [9.17, 15) is 8.42 Å². The quantitative estimate of drug-likeness (QED) is 0.775. The minimum absolute atomic E-state index is 0.0942. The van der Waals surface area contributed by atoms with Crippen molar-refractivity contribution < 1.29 is 17.9 Å². The number of halogens is 1. The van der Waals surface area contributed by atoms with Crippen LogP contribution in [0.2, 0.25) is 0 Å². The summed E-state index contributed by atoms with van der Waals surface area (Å²) in [4.78, 5) is 2.18. The van der Waals surface area contributed by atoms with E-state index < -0.39 is 9.05 Å². The monoisotopic (exact) mass is 319 g/mol. The molecule has 0 saturated carbocycles. The highest BCUT2D eigenvalue weighted by Gasteiger charge is 2.22. The summed E-state index contributed by atoms with van der Waals surface area (Å²) in [5.41, 5.74) is 0.585. The van der Waals surface area contributed by atoms with Gasteiger partial charge in [-0.1, -0.05) is 6.07 Å². The number of nitrogens with zero attached hydrogens (tertiary/aromatic N) is 1. The van der Waals surface area contributed by atoms with E-state index >= 15 is 0 Å². The molecule has 7 heteroatoms. The SMILES string of the molecule is COc1ccc(CS(=O)(=O)Cl)cc1OC1CCN(C)C1. The van der Waals surface area contributed by atoms with Crippen molar-refractivity contribution in [3.8, 4) is 11.5 Å². The van der Waals surface area contributed by atoms with Crippen molar-refractivity contribution in [2.24, 2.45) is 0 Å². The summed E-state index contributed by atoms with van der Waals surface area (Å²) < 4.78 is 33.4. The summed E-state index contributed by atoms with van der Waals surface area (Å²) in [6.45, 7) is 1.84. The van der Waals surface area contributed by atoms with Crippen LogP contribution >= 0.6 is 10.7 Å². The maximum Gasteiger partial charge on any atom is 0.236 e. The molecule has 1 saturated heterocycles. The van der Waals surface area contributed by atoms with Gasteiger partial charge in [0.25, 0.3) is 0 Å². The molecule has 1 aromatic carbocycles. The van der Waals surface area contributed by atoms with Gasteiger partial charge in [0.15, 0.2) is 11.5 Å². The predicted octanol–water partition coefficient (Wildman–Crippen LogP) is 1.85. The fraction of sp³-hybridized carbons (Fsp3) is 0.538. The Morgan fingerprint density at radius 1 is 1.40 bits per heavy atom. The third-order valence-electron chi connectivity index (χ3n) is 3.21. The Morgan fingerprint density at radius 3 is 2.70 bits per heavy atom. The summed E-state index contributed by atoms with van der Waals surface area (Å²) in [6.07, 6.45) is 1.04. The number of likely N-dealkylation sites (N-methyl/N-ethyl adjacent to an activating group) is 1. The molecule has 1 aromatic rings. The van der Waals surface area contributed by atoms with Crippen molar-refractivity contribution in [2.75, 3.05) is 27.2 Å². The zero-order chi connectivity index (χ0) is 14.8. The van der Waals surface area contributed by atoms with Crippen LogP contribution in [-0.4, -0.2) is 46.7 Å². The van der Waals surface area contributed by atoms with E-state index in [1.165, 1.54) is 0 Å². The number of hydrogen-bond donors (Lipinski definition) is 0. The minimum atomic E-state index is -3.58. The average Bonchev–Trinajstić information content (AvgIpc) is 2.73. The van der Waals surface area contributed by atoms with Gasteiger partial charge < -0.3 is 14.4 Å². The van der Waals surface area contributed by atoms with Crippen molar-refractivity contribution in [1.82, 2.24) is 4.90 Å². The molecular weight excluding hydrogens is 302 g/mol. The molecule has 0 amide bonds. The average molecular weight is 320 g/mol. The second-order valence-electron chi connectivity index (χ2n) is 4.96. The molecule has 1 unspecified atom stereocenters. The molecule has 0 radical (unpaired) electrons. The summed E-state index contributed by atoms with van der Waals surface area (Å²) in [5.74, 6) is 0.931. The lowest BCUT2D eigenvalue weighted by molar-refractivity contribution is 0.199. The zero-order valence-electron chi connectivity index (χ0n) is 11.5. The molecule has 112 valence electrons. The second-order valence-corrected chi connectivity index (χ2v) is 7.74. The molecule has 0 bridgehead atoms. The summed E-state index contributed by atoms with van der Waals surface area (Å²) in [5, 5.41) is 0. The Morgan fingerprint density at radius 2 is 2.15 bits per heavy atom. The normalized spacial score (nSPS) is 20.1. The van der Waals surface area contributed by atoms with Crippen LogP contribution in [0.4, 0.5) is 0 Å². The molecule has 0 spiro atoms. The lowest BCUT2D eigenvalue weighted by Gasteiger charge is -2.17. The summed E-state index contributed by atoms with van der Waals surface area (Å²) in [6, 6.07) is 5.05. The van der Waals surface area contributed by atoms with Crippen LogP contribution in [0.3, 0.4) is 0 Å². The Hall–Kier alpha value is -0.980. The second kappa shape index (κ2) is 6.20. The molecule has 1 fully saturated rings. The van der Waals surface area contributed by atoms with Gasteiger partial charge in [0, 0.05) is 23.8 Å². The lowest BCUT2D eigenvalue weighted by Crippen LogP contribution is -2.21. The van der Waals surface area contributed by atoms with E-state index in [1.807, 2.05) is 7.05 Å².